The van der Waals surface area contributed by atoms with Gasteiger partial charge in [-0.3, -0.25) is 9.36 Å². The molecule has 0 N–H and O–H groups in total. The van der Waals surface area contributed by atoms with Gasteiger partial charge in [0.2, 0.25) is 0 Å². The molecule has 32 heavy (non-hydrogen) atoms. The van der Waals surface area contributed by atoms with Crippen LogP contribution in [-0.4, -0.2) is 41.3 Å². The van der Waals surface area contributed by atoms with Crippen LogP contribution in [0.1, 0.15) is 31.9 Å². The van der Waals surface area contributed by atoms with E-state index in [1.807, 2.05) is 69.0 Å². The summed E-state index contributed by atoms with van der Waals surface area (Å²) in [6.07, 6.45) is 12.5. The van der Waals surface area contributed by atoms with Crippen LogP contribution in [0, 0.1) is 0 Å². The topological polar surface area (TPSA) is 75.1 Å². The molecule has 0 aliphatic carbocycles. The Morgan fingerprint density at radius 3 is 2.53 bits per heavy atom. The average molecular weight is 428 g/mol. The zero-order valence-electron chi connectivity index (χ0n) is 18.4. The van der Waals surface area contributed by atoms with Gasteiger partial charge in [-0.1, -0.05) is 19.1 Å². The molecule has 5 rings (SSSR count). The van der Waals surface area contributed by atoms with E-state index in [1.165, 1.54) is 0 Å². The van der Waals surface area contributed by atoms with Gasteiger partial charge in [0.1, 0.15) is 5.75 Å². The van der Waals surface area contributed by atoms with E-state index in [4.69, 9.17) is 9.72 Å². The molecule has 0 aliphatic heterocycles. The van der Waals surface area contributed by atoms with Crippen molar-refractivity contribution in [1.82, 2.24) is 34.2 Å². The Balaban J connectivity index is 1.48. The minimum atomic E-state index is 0.337. The first-order chi connectivity index (χ1) is 15.6. The molecular formula is C24H25N7O. The molecule has 0 radical (unpaired) electrons. The monoisotopic (exact) mass is 427 g/mol. The maximum absolute atomic E-state index is 5.23. The molecule has 162 valence electrons. The van der Waals surface area contributed by atoms with Crippen LogP contribution in [0.2, 0.25) is 0 Å². The summed E-state index contributed by atoms with van der Waals surface area (Å²) in [6.45, 7) is 4.98. The van der Waals surface area contributed by atoms with E-state index >= 15 is 0 Å². The molecule has 4 heterocycles. The van der Waals surface area contributed by atoms with E-state index < -0.39 is 0 Å². The highest BCUT2D eigenvalue weighted by Crippen LogP contribution is 2.27. The van der Waals surface area contributed by atoms with Crippen molar-refractivity contribution >= 4 is 5.52 Å². The minimum Gasteiger partial charge on any atom is -0.497 e. The van der Waals surface area contributed by atoms with Crippen LogP contribution in [0.4, 0.5) is 0 Å². The van der Waals surface area contributed by atoms with Crippen LogP contribution in [-0.2, 0) is 6.54 Å². The summed E-state index contributed by atoms with van der Waals surface area (Å²) in [5.74, 6) is 0.843. The number of aromatic nitrogens is 7. The quantitative estimate of drug-likeness (QED) is 0.383. The molecule has 8 nitrogen and oxygen atoms in total. The van der Waals surface area contributed by atoms with Gasteiger partial charge in [-0.25, -0.2) is 9.50 Å². The highest BCUT2D eigenvalue weighted by atomic mass is 16.5. The van der Waals surface area contributed by atoms with Gasteiger partial charge in [-0.2, -0.15) is 15.3 Å². The molecule has 4 aromatic heterocycles. The Morgan fingerprint density at radius 2 is 1.75 bits per heavy atom. The van der Waals surface area contributed by atoms with Gasteiger partial charge in [0.05, 0.1) is 55.3 Å². The molecule has 1 aromatic carbocycles. The molecule has 0 fully saturated rings. The zero-order valence-corrected chi connectivity index (χ0v) is 18.4. The molecule has 5 aromatic rings. The number of nitrogens with zero attached hydrogens (tertiary/aromatic N) is 7. The number of rotatable bonds is 7. The molecule has 0 spiro atoms. The van der Waals surface area contributed by atoms with Crippen LogP contribution < -0.4 is 4.74 Å². The Morgan fingerprint density at radius 1 is 0.938 bits per heavy atom. The van der Waals surface area contributed by atoms with Crippen molar-refractivity contribution in [3.8, 4) is 28.3 Å². The summed E-state index contributed by atoms with van der Waals surface area (Å²) in [5, 5.41) is 13.5. The summed E-state index contributed by atoms with van der Waals surface area (Å²) >= 11 is 0. The third kappa shape index (κ3) is 3.75. The third-order valence-corrected chi connectivity index (χ3v) is 5.74. The predicted octanol–water partition coefficient (Wildman–Crippen LogP) is 4.48. The number of fused-ring (bicyclic) bond motifs is 1. The van der Waals surface area contributed by atoms with Crippen molar-refractivity contribution in [2.24, 2.45) is 0 Å². The van der Waals surface area contributed by atoms with Crippen LogP contribution in [0.5, 0.6) is 5.75 Å². The Hall–Kier alpha value is -3.94. The van der Waals surface area contributed by atoms with E-state index in [0.717, 1.165) is 45.8 Å². The van der Waals surface area contributed by atoms with Gasteiger partial charge < -0.3 is 4.74 Å². The maximum atomic E-state index is 5.23. The van der Waals surface area contributed by atoms with E-state index in [1.54, 1.807) is 13.3 Å². The fourth-order valence-corrected chi connectivity index (χ4v) is 3.67. The smallest absolute Gasteiger partial charge is 0.118 e. The standard InChI is InChI=1S/C24H25N7O/c1-4-17(2)30-15-20(12-27-30)24-23-9-10-25-31(23)16-22(28-24)19-11-26-29(14-19)13-18-5-7-21(32-3)8-6-18/h5-12,14-17H,4,13H2,1-3H3/t17-/m0/s1. The lowest BCUT2D eigenvalue weighted by Crippen LogP contribution is -2.03. The first kappa shape index (κ1) is 20.0. The van der Waals surface area contributed by atoms with E-state index in [9.17, 15) is 0 Å². The zero-order chi connectivity index (χ0) is 22.1. The highest BCUT2D eigenvalue weighted by Gasteiger charge is 2.15. The molecule has 0 amide bonds. The summed E-state index contributed by atoms with van der Waals surface area (Å²) in [5.41, 5.74) is 5.68. The van der Waals surface area contributed by atoms with E-state index in [2.05, 4.69) is 35.3 Å². The second-order valence-corrected chi connectivity index (χ2v) is 7.88. The Kier molecular flexibility index (Phi) is 5.18. The van der Waals surface area contributed by atoms with Gasteiger partial charge in [0.15, 0.2) is 0 Å². The van der Waals surface area contributed by atoms with Gasteiger partial charge in [-0.05, 0) is 37.1 Å². The first-order valence-corrected chi connectivity index (χ1v) is 10.7. The number of ether oxygens (including phenoxy) is 1. The van der Waals surface area contributed by atoms with Crippen LogP contribution in [0.3, 0.4) is 0 Å². The number of hydrogen-bond donors (Lipinski definition) is 0. The summed E-state index contributed by atoms with van der Waals surface area (Å²) in [7, 11) is 1.67. The molecule has 0 saturated carbocycles. The van der Waals surface area contributed by atoms with Gasteiger partial charge in [0, 0.05) is 29.6 Å². The highest BCUT2D eigenvalue weighted by molar-refractivity contribution is 5.78. The lowest BCUT2D eigenvalue weighted by molar-refractivity contribution is 0.414. The summed E-state index contributed by atoms with van der Waals surface area (Å²) in [6, 6.07) is 10.3. The van der Waals surface area contributed by atoms with Crippen molar-refractivity contribution in [1.29, 1.82) is 0 Å². The molecule has 0 aliphatic rings. The van der Waals surface area contributed by atoms with Crippen molar-refractivity contribution in [3.05, 3.63) is 73.1 Å². The van der Waals surface area contributed by atoms with Crippen molar-refractivity contribution in [3.63, 3.8) is 0 Å². The van der Waals surface area contributed by atoms with Gasteiger partial charge in [-0.15, -0.1) is 0 Å². The Bertz CT molecular complexity index is 1350. The Labute approximate surface area is 186 Å². The molecule has 0 unspecified atom stereocenters. The lowest BCUT2D eigenvalue weighted by Gasteiger charge is -2.08. The summed E-state index contributed by atoms with van der Waals surface area (Å²) < 4.78 is 11.0. The third-order valence-electron chi connectivity index (χ3n) is 5.74. The minimum absolute atomic E-state index is 0.337. The first-order valence-electron chi connectivity index (χ1n) is 10.7. The van der Waals surface area contributed by atoms with E-state index in [-0.39, 0.29) is 0 Å². The number of methoxy groups -OCH3 is 1. The van der Waals surface area contributed by atoms with Gasteiger partial charge in [0.25, 0.3) is 0 Å². The summed E-state index contributed by atoms with van der Waals surface area (Å²) in [4.78, 5) is 4.97. The predicted molar refractivity (Wildman–Crippen MR) is 123 cm³/mol. The largest absolute Gasteiger partial charge is 0.497 e. The molecule has 8 heteroatoms. The number of hydrogen-bond acceptors (Lipinski definition) is 5. The fourth-order valence-electron chi connectivity index (χ4n) is 3.67. The van der Waals surface area contributed by atoms with E-state index in [0.29, 0.717) is 12.6 Å². The van der Waals surface area contributed by atoms with Crippen LogP contribution in [0.25, 0.3) is 28.0 Å². The normalized spacial score (nSPS) is 12.3. The molecule has 0 bridgehead atoms. The second kappa shape index (κ2) is 8.30. The average Bonchev–Trinajstić information content (AvgIpc) is 3.59. The molecule has 1 atom stereocenters. The van der Waals surface area contributed by atoms with Gasteiger partial charge >= 0.3 is 0 Å². The van der Waals surface area contributed by atoms with Crippen molar-refractivity contribution < 1.29 is 4.74 Å². The van der Waals surface area contributed by atoms with Crippen LogP contribution >= 0.6 is 0 Å². The fraction of sp³-hybridized carbons (Fsp3) is 0.250. The number of benzene rings is 1. The van der Waals surface area contributed by atoms with Crippen LogP contribution in [0.15, 0.2) is 67.5 Å². The SMILES string of the molecule is CC[C@H](C)n1cc(-c2nc(-c3cnn(Cc4ccc(OC)cc4)c3)cn3nccc23)cn1. The second-order valence-electron chi connectivity index (χ2n) is 7.88. The lowest BCUT2D eigenvalue weighted by atomic mass is 10.2. The molecule has 0 saturated heterocycles. The van der Waals surface area contributed by atoms with Crippen molar-refractivity contribution in [2.75, 3.05) is 7.11 Å². The maximum Gasteiger partial charge on any atom is 0.118 e. The van der Waals surface area contributed by atoms with Crippen molar-refractivity contribution in [2.45, 2.75) is 32.9 Å². The molecular weight excluding hydrogens is 402 g/mol.